The highest BCUT2D eigenvalue weighted by Crippen LogP contribution is 2.29. The number of ketones is 1. The van der Waals surface area contributed by atoms with Gasteiger partial charge in [0.15, 0.2) is 5.78 Å². The number of hydrogen-bond acceptors (Lipinski definition) is 3. The predicted octanol–water partition coefficient (Wildman–Crippen LogP) is 6.16. The molecule has 0 aliphatic heterocycles. The number of para-hydroxylation sites is 1. The van der Waals surface area contributed by atoms with Crippen LogP contribution in [0, 0.1) is 13.8 Å². The molecular formula is C21H21BrN2OS. The summed E-state index contributed by atoms with van der Waals surface area (Å²) in [5, 5.41) is 4.62. The normalized spacial score (nSPS) is 11.4. The number of rotatable bonds is 6. The van der Waals surface area contributed by atoms with Gasteiger partial charge in [-0.15, -0.1) is 11.3 Å². The summed E-state index contributed by atoms with van der Waals surface area (Å²) >= 11 is 5.12. The van der Waals surface area contributed by atoms with E-state index in [1.807, 2.05) is 61.0 Å². The molecule has 0 saturated carbocycles. The molecular weight excluding hydrogens is 408 g/mol. The quantitative estimate of drug-likeness (QED) is 0.347. The standard InChI is InChI=1S/C21H21BrN2OS/c1-4-8-20-18(22)13-21(26-20)19(25)12-11-17-14(2)23-24(15(17)3)16-9-6-5-7-10-16/h5-7,9-13H,4,8H2,1-3H3/b12-11+. The maximum atomic E-state index is 12.6. The van der Waals surface area contributed by atoms with Crippen molar-refractivity contribution in [2.24, 2.45) is 0 Å². The van der Waals surface area contributed by atoms with E-state index in [4.69, 9.17) is 0 Å². The lowest BCUT2D eigenvalue weighted by Crippen LogP contribution is -1.98. The number of aromatic nitrogens is 2. The van der Waals surface area contributed by atoms with Crippen LogP contribution in [0.2, 0.25) is 0 Å². The molecule has 0 unspecified atom stereocenters. The molecule has 3 nitrogen and oxygen atoms in total. The van der Waals surface area contributed by atoms with Crippen LogP contribution in [0.4, 0.5) is 0 Å². The maximum absolute atomic E-state index is 12.6. The second-order valence-corrected chi connectivity index (χ2v) is 8.15. The van der Waals surface area contributed by atoms with E-state index < -0.39 is 0 Å². The second-order valence-electron chi connectivity index (χ2n) is 6.16. The summed E-state index contributed by atoms with van der Waals surface area (Å²) in [6.45, 7) is 6.14. The number of thiophene rings is 1. The molecule has 0 amide bonds. The molecule has 0 saturated heterocycles. The molecule has 5 heteroatoms. The van der Waals surface area contributed by atoms with Gasteiger partial charge in [0.1, 0.15) is 0 Å². The molecule has 26 heavy (non-hydrogen) atoms. The third-order valence-corrected chi connectivity index (χ3v) is 6.41. The molecule has 2 aromatic heterocycles. The highest BCUT2D eigenvalue weighted by Gasteiger charge is 2.13. The van der Waals surface area contributed by atoms with Gasteiger partial charge in [-0.05, 0) is 66.5 Å². The highest BCUT2D eigenvalue weighted by molar-refractivity contribution is 9.10. The van der Waals surface area contributed by atoms with Gasteiger partial charge >= 0.3 is 0 Å². The average Bonchev–Trinajstić information content (AvgIpc) is 3.14. The van der Waals surface area contributed by atoms with Crippen molar-refractivity contribution in [3.8, 4) is 5.69 Å². The summed E-state index contributed by atoms with van der Waals surface area (Å²) in [4.78, 5) is 14.6. The lowest BCUT2D eigenvalue weighted by atomic mass is 10.1. The molecule has 0 bridgehead atoms. The van der Waals surface area contributed by atoms with E-state index in [-0.39, 0.29) is 5.78 Å². The Kier molecular flexibility index (Phi) is 5.89. The Balaban J connectivity index is 1.86. The lowest BCUT2D eigenvalue weighted by Gasteiger charge is -2.03. The number of carbonyl (C=O) groups is 1. The van der Waals surface area contributed by atoms with Crippen LogP contribution in [0.3, 0.4) is 0 Å². The summed E-state index contributed by atoms with van der Waals surface area (Å²) in [5.41, 5.74) is 3.95. The minimum absolute atomic E-state index is 0.0318. The van der Waals surface area contributed by atoms with Crippen molar-refractivity contribution in [1.82, 2.24) is 9.78 Å². The minimum atomic E-state index is 0.0318. The minimum Gasteiger partial charge on any atom is -0.288 e. The van der Waals surface area contributed by atoms with Gasteiger partial charge in [0.05, 0.1) is 16.3 Å². The van der Waals surface area contributed by atoms with Crippen LogP contribution in [0.25, 0.3) is 11.8 Å². The summed E-state index contributed by atoms with van der Waals surface area (Å²) in [7, 11) is 0. The molecule has 134 valence electrons. The fourth-order valence-corrected chi connectivity index (χ4v) is 4.78. The highest BCUT2D eigenvalue weighted by atomic mass is 79.9. The monoisotopic (exact) mass is 428 g/mol. The van der Waals surface area contributed by atoms with Crippen LogP contribution in [-0.2, 0) is 6.42 Å². The van der Waals surface area contributed by atoms with Crippen LogP contribution in [0.5, 0.6) is 0 Å². The van der Waals surface area contributed by atoms with Gasteiger partial charge in [0.2, 0.25) is 0 Å². The van der Waals surface area contributed by atoms with Crippen molar-refractivity contribution in [1.29, 1.82) is 0 Å². The SMILES string of the molecule is CCCc1sc(C(=O)/C=C/c2c(C)nn(-c3ccccc3)c2C)cc1Br. The molecule has 0 N–H and O–H groups in total. The van der Waals surface area contributed by atoms with Gasteiger partial charge in [0, 0.05) is 20.6 Å². The molecule has 0 spiro atoms. The Labute approximate surface area is 166 Å². The number of benzene rings is 1. The molecule has 1 aromatic carbocycles. The van der Waals surface area contributed by atoms with Crippen LogP contribution in [0.1, 0.15) is 44.8 Å². The van der Waals surface area contributed by atoms with E-state index in [1.165, 1.54) is 4.88 Å². The van der Waals surface area contributed by atoms with Crippen LogP contribution >= 0.6 is 27.3 Å². The van der Waals surface area contributed by atoms with Gasteiger partial charge in [-0.25, -0.2) is 4.68 Å². The van der Waals surface area contributed by atoms with E-state index in [1.54, 1.807) is 17.4 Å². The summed E-state index contributed by atoms with van der Waals surface area (Å²) < 4.78 is 2.95. The zero-order chi connectivity index (χ0) is 18.7. The third-order valence-electron chi connectivity index (χ3n) is 4.23. The summed E-state index contributed by atoms with van der Waals surface area (Å²) in [6, 6.07) is 11.9. The van der Waals surface area contributed by atoms with Gasteiger partial charge < -0.3 is 0 Å². The Morgan fingerprint density at radius 2 is 2.00 bits per heavy atom. The van der Waals surface area contributed by atoms with E-state index in [2.05, 4.69) is 28.0 Å². The first-order chi connectivity index (χ1) is 12.5. The molecule has 0 aliphatic rings. The van der Waals surface area contributed by atoms with Crippen molar-refractivity contribution in [2.45, 2.75) is 33.6 Å². The number of carbonyl (C=O) groups excluding carboxylic acids is 1. The number of aryl methyl sites for hydroxylation is 2. The van der Waals surface area contributed by atoms with Gasteiger partial charge in [-0.2, -0.15) is 5.10 Å². The Hall–Kier alpha value is -1.98. The molecule has 0 radical (unpaired) electrons. The van der Waals surface area contributed by atoms with Gasteiger partial charge in [0.25, 0.3) is 0 Å². The Morgan fingerprint density at radius 3 is 2.69 bits per heavy atom. The molecule has 3 aromatic rings. The van der Waals surface area contributed by atoms with Gasteiger partial charge in [-0.3, -0.25) is 4.79 Å². The second kappa shape index (κ2) is 8.14. The fourth-order valence-electron chi connectivity index (χ4n) is 2.88. The van der Waals surface area contributed by atoms with Gasteiger partial charge in [-0.1, -0.05) is 31.5 Å². The smallest absolute Gasteiger partial charge is 0.195 e. The number of halogens is 1. The maximum Gasteiger partial charge on any atom is 0.195 e. The van der Waals surface area contributed by atoms with Crippen molar-refractivity contribution < 1.29 is 4.79 Å². The van der Waals surface area contributed by atoms with Crippen molar-refractivity contribution >= 4 is 39.1 Å². The predicted molar refractivity (Wildman–Crippen MR) is 112 cm³/mol. The lowest BCUT2D eigenvalue weighted by molar-refractivity contribution is 0.105. The zero-order valence-electron chi connectivity index (χ0n) is 15.1. The number of allylic oxidation sites excluding steroid dienone is 1. The van der Waals surface area contributed by atoms with Crippen molar-refractivity contribution in [2.75, 3.05) is 0 Å². The van der Waals surface area contributed by atoms with E-state index in [0.29, 0.717) is 0 Å². The Morgan fingerprint density at radius 1 is 1.27 bits per heavy atom. The number of nitrogens with zero attached hydrogens (tertiary/aromatic N) is 2. The van der Waals surface area contributed by atoms with E-state index >= 15 is 0 Å². The van der Waals surface area contributed by atoms with Crippen molar-refractivity contribution in [3.63, 3.8) is 0 Å². The largest absolute Gasteiger partial charge is 0.288 e. The van der Waals surface area contributed by atoms with Crippen LogP contribution in [-0.4, -0.2) is 15.6 Å². The van der Waals surface area contributed by atoms with Crippen molar-refractivity contribution in [3.05, 3.63) is 73.7 Å². The summed E-state index contributed by atoms with van der Waals surface area (Å²) in [6.07, 6.45) is 5.59. The van der Waals surface area contributed by atoms with E-state index in [9.17, 15) is 4.79 Å². The third kappa shape index (κ3) is 3.89. The first-order valence-corrected chi connectivity index (χ1v) is 10.2. The first-order valence-electron chi connectivity index (χ1n) is 8.63. The molecule has 0 atom stereocenters. The zero-order valence-corrected chi connectivity index (χ0v) is 17.5. The molecule has 0 fully saturated rings. The fraction of sp³-hybridized carbons (Fsp3) is 0.238. The molecule has 3 rings (SSSR count). The summed E-state index contributed by atoms with van der Waals surface area (Å²) in [5.74, 6) is 0.0318. The first kappa shape index (κ1) is 18.8. The van der Waals surface area contributed by atoms with Crippen LogP contribution < -0.4 is 0 Å². The van der Waals surface area contributed by atoms with E-state index in [0.717, 1.165) is 44.8 Å². The van der Waals surface area contributed by atoms with Crippen LogP contribution in [0.15, 0.2) is 46.9 Å². The Bertz CT molecular complexity index is 954. The average molecular weight is 429 g/mol. The topological polar surface area (TPSA) is 34.9 Å². The number of hydrogen-bond donors (Lipinski definition) is 0. The molecule has 2 heterocycles. The molecule has 0 aliphatic carbocycles.